The number of rotatable bonds is 5. The van der Waals surface area contributed by atoms with Crippen LogP contribution in [0.5, 0.6) is 5.75 Å². The first-order valence-corrected chi connectivity index (χ1v) is 10.4. The fraction of sp³-hybridized carbons (Fsp3) is 0.200. The van der Waals surface area contributed by atoms with Gasteiger partial charge in [0.2, 0.25) is 0 Å². The molecule has 1 amide bonds. The Bertz CT molecular complexity index is 1300. The van der Waals surface area contributed by atoms with E-state index in [2.05, 4.69) is 9.97 Å². The van der Waals surface area contributed by atoms with Crippen LogP contribution in [0.25, 0.3) is 6.08 Å². The molecule has 0 radical (unpaired) electrons. The van der Waals surface area contributed by atoms with E-state index in [0.29, 0.717) is 23.4 Å². The van der Waals surface area contributed by atoms with Crippen LogP contribution in [0.15, 0.2) is 54.9 Å². The summed E-state index contributed by atoms with van der Waals surface area (Å²) in [6.07, 6.45) is 0.465. The first-order chi connectivity index (χ1) is 16.1. The maximum Gasteiger partial charge on any atom is 0.420 e. The molecule has 0 aliphatic heterocycles. The Hall–Kier alpha value is -4.01. The number of hydrogen-bond donors (Lipinski definition) is 0. The van der Waals surface area contributed by atoms with Crippen molar-refractivity contribution in [2.75, 3.05) is 11.9 Å². The minimum Gasteiger partial charge on any atom is -0.410 e. The molecule has 174 valence electrons. The molecule has 0 bridgehead atoms. The third-order valence-corrected chi connectivity index (χ3v) is 5.46. The van der Waals surface area contributed by atoms with Gasteiger partial charge in [0, 0.05) is 31.0 Å². The molecule has 0 unspecified atom stereocenters. The molecule has 6 nitrogen and oxygen atoms in total. The third-order valence-electron chi connectivity index (χ3n) is 5.46. The number of ketones is 1. The largest absolute Gasteiger partial charge is 0.420 e. The van der Waals surface area contributed by atoms with Crippen LogP contribution >= 0.6 is 0 Å². The highest BCUT2D eigenvalue weighted by Gasteiger charge is 2.31. The normalized spacial score (nSPS) is 12.4. The molecule has 0 fully saturated rings. The second kappa shape index (κ2) is 9.09. The molecule has 0 atom stereocenters. The number of amides is 1. The van der Waals surface area contributed by atoms with Gasteiger partial charge in [-0.15, -0.1) is 0 Å². The molecular weight excluding hydrogens is 447 g/mol. The van der Waals surface area contributed by atoms with Gasteiger partial charge in [0.15, 0.2) is 5.78 Å². The summed E-state index contributed by atoms with van der Waals surface area (Å²) in [5, 5.41) is 0. The molecule has 1 aromatic heterocycles. The molecule has 3 aromatic rings. The second-order valence-electron chi connectivity index (χ2n) is 7.87. The number of aryl methyl sites for hydroxylation is 1. The SMILES string of the molecule is Cc1ccc(CC(=O)c2cccc(C(F)(F)F)c2)cc1OC(=O)N(C)c1ncnc2c1C=CC2. The number of halogens is 3. The van der Waals surface area contributed by atoms with E-state index in [0.717, 1.165) is 23.4 Å². The Labute approximate surface area is 193 Å². The van der Waals surface area contributed by atoms with Gasteiger partial charge in [0.1, 0.15) is 17.9 Å². The van der Waals surface area contributed by atoms with Gasteiger partial charge in [-0.05, 0) is 36.2 Å². The van der Waals surface area contributed by atoms with Crippen LogP contribution in [0.4, 0.5) is 23.8 Å². The Morgan fingerprint density at radius 1 is 1.12 bits per heavy atom. The first kappa shape index (κ1) is 23.2. The van der Waals surface area contributed by atoms with E-state index in [1.165, 1.54) is 36.5 Å². The van der Waals surface area contributed by atoms with Crippen LogP contribution in [-0.2, 0) is 19.0 Å². The number of aromatic nitrogens is 2. The average molecular weight is 467 g/mol. The topological polar surface area (TPSA) is 72.4 Å². The van der Waals surface area contributed by atoms with Gasteiger partial charge in [0.25, 0.3) is 0 Å². The van der Waals surface area contributed by atoms with E-state index in [1.54, 1.807) is 19.1 Å². The summed E-state index contributed by atoms with van der Waals surface area (Å²) in [6, 6.07) is 9.19. The van der Waals surface area contributed by atoms with E-state index in [4.69, 9.17) is 4.74 Å². The monoisotopic (exact) mass is 467 g/mol. The first-order valence-electron chi connectivity index (χ1n) is 10.4. The van der Waals surface area contributed by atoms with Crippen molar-refractivity contribution in [1.82, 2.24) is 9.97 Å². The third kappa shape index (κ3) is 4.83. The quantitative estimate of drug-likeness (QED) is 0.468. The Kier molecular flexibility index (Phi) is 6.19. The number of allylic oxidation sites excluding steroid dienone is 1. The summed E-state index contributed by atoms with van der Waals surface area (Å²) in [5.41, 5.74) is 1.80. The number of anilines is 1. The number of ether oxygens (including phenoxy) is 1. The number of Topliss-reactive ketones (excluding diaryl/α,β-unsaturated/α-hetero) is 1. The van der Waals surface area contributed by atoms with Crippen molar-refractivity contribution < 1.29 is 27.5 Å². The van der Waals surface area contributed by atoms with Crippen LogP contribution in [0.1, 0.15) is 38.3 Å². The van der Waals surface area contributed by atoms with Gasteiger partial charge in [-0.1, -0.05) is 36.4 Å². The molecule has 34 heavy (non-hydrogen) atoms. The van der Waals surface area contributed by atoms with E-state index in [-0.39, 0.29) is 17.7 Å². The lowest BCUT2D eigenvalue weighted by Gasteiger charge is -2.19. The Morgan fingerprint density at radius 2 is 1.91 bits per heavy atom. The highest BCUT2D eigenvalue weighted by molar-refractivity contribution is 5.97. The van der Waals surface area contributed by atoms with E-state index >= 15 is 0 Å². The summed E-state index contributed by atoms with van der Waals surface area (Å²) in [6.45, 7) is 1.74. The molecule has 0 saturated heterocycles. The Morgan fingerprint density at radius 3 is 2.68 bits per heavy atom. The summed E-state index contributed by atoms with van der Waals surface area (Å²) in [7, 11) is 1.54. The highest BCUT2D eigenvalue weighted by Crippen LogP contribution is 2.30. The van der Waals surface area contributed by atoms with Crippen LogP contribution < -0.4 is 9.64 Å². The van der Waals surface area contributed by atoms with Gasteiger partial charge in [-0.25, -0.2) is 14.8 Å². The van der Waals surface area contributed by atoms with Gasteiger partial charge in [-0.3, -0.25) is 9.69 Å². The minimum absolute atomic E-state index is 0.0423. The van der Waals surface area contributed by atoms with Crippen molar-refractivity contribution in [3.8, 4) is 5.75 Å². The maximum atomic E-state index is 13.0. The standard InChI is InChI=1S/C25H20F3N3O3/c1-15-9-10-16(11-21(32)17-5-3-6-18(13-17)25(26,27)28)12-22(15)34-24(33)31(2)23-19-7-4-8-20(19)29-14-30-23/h3-7,9-10,12-14H,8,11H2,1-2H3. The molecule has 0 spiro atoms. The van der Waals surface area contributed by atoms with Crippen molar-refractivity contribution in [2.24, 2.45) is 0 Å². The predicted molar refractivity (Wildman–Crippen MR) is 120 cm³/mol. The zero-order valence-corrected chi connectivity index (χ0v) is 18.4. The van der Waals surface area contributed by atoms with Crippen LogP contribution in [0.2, 0.25) is 0 Å². The number of alkyl halides is 3. The lowest BCUT2D eigenvalue weighted by molar-refractivity contribution is -0.137. The van der Waals surface area contributed by atoms with Crippen molar-refractivity contribution in [2.45, 2.75) is 25.9 Å². The van der Waals surface area contributed by atoms with Gasteiger partial charge in [-0.2, -0.15) is 13.2 Å². The van der Waals surface area contributed by atoms with Crippen molar-refractivity contribution in [3.05, 3.63) is 88.4 Å². The van der Waals surface area contributed by atoms with E-state index in [1.807, 2.05) is 12.2 Å². The number of carbonyl (C=O) groups excluding carboxylic acids is 2. The number of fused-ring (bicyclic) bond motifs is 1. The van der Waals surface area contributed by atoms with Crippen LogP contribution in [0, 0.1) is 6.92 Å². The summed E-state index contributed by atoms with van der Waals surface area (Å²) >= 11 is 0. The lowest BCUT2D eigenvalue weighted by atomic mass is 10.00. The maximum absolute atomic E-state index is 13.0. The average Bonchev–Trinajstić information content (AvgIpc) is 3.29. The zero-order valence-electron chi connectivity index (χ0n) is 18.4. The number of nitrogens with zero attached hydrogens (tertiary/aromatic N) is 3. The van der Waals surface area contributed by atoms with Crippen LogP contribution in [-0.4, -0.2) is 28.9 Å². The zero-order chi connectivity index (χ0) is 24.5. The number of carbonyl (C=O) groups is 2. The summed E-state index contributed by atoms with van der Waals surface area (Å²) in [5.74, 6) is 0.178. The molecular formula is C25H20F3N3O3. The van der Waals surface area contributed by atoms with Gasteiger partial charge < -0.3 is 4.74 Å². The molecule has 0 saturated carbocycles. The van der Waals surface area contributed by atoms with E-state index < -0.39 is 23.6 Å². The lowest BCUT2D eigenvalue weighted by Crippen LogP contribution is -2.31. The molecule has 4 rings (SSSR count). The van der Waals surface area contributed by atoms with Gasteiger partial charge >= 0.3 is 12.3 Å². The number of benzene rings is 2. The van der Waals surface area contributed by atoms with Crippen molar-refractivity contribution in [3.63, 3.8) is 0 Å². The summed E-state index contributed by atoms with van der Waals surface area (Å²) in [4.78, 5) is 35.1. The number of hydrogen-bond acceptors (Lipinski definition) is 5. The molecule has 9 heteroatoms. The highest BCUT2D eigenvalue weighted by atomic mass is 19.4. The van der Waals surface area contributed by atoms with Crippen LogP contribution in [0.3, 0.4) is 0 Å². The van der Waals surface area contributed by atoms with E-state index in [9.17, 15) is 22.8 Å². The van der Waals surface area contributed by atoms with Crippen molar-refractivity contribution in [1.29, 1.82) is 0 Å². The summed E-state index contributed by atoms with van der Waals surface area (Å²) < 4.78 is 44.4. The fourth-order valence-electron chi connectivity index (χ4n) is 3.58. The predicted octanol–water partition coefficient (Wildman–Crippen LogP) is 5.43. The molecule has 1 heterocycles. The smallest absolute Gasteiger partial charge is 0.410 e. The van der Waals surface area contributed by atoms with Crippen molar-refractivity contribution >= 4 is 23.8 Å². The minimum atomic E-state index is -4.53. The molecule has 0 N–H and O–H groups in total. The fourth-order valence-corrected chi connectivity index (χ4v) is 3.58. The second-order valence-corrected chi connectivity index (χ2v) is 7.87. The Balaban J connectivity index is 1.50. The molecule has 2 aromatic carbocycles. The molecule has 1 aliphatic rings. The van der Waals surface area contributed by atoms with Gasteiger partial charge in [0.05, 0.1) is 11.3 Å². The molecule has 1 aliphatic carbocycles.